The van der Waals surface area contributed by atoms with E-state index in [2.05, 4.69) is 9.47 Å². The molecule has 1 unspecified atom stereocenters. The van der Waals surface area contributed by atoms with Crippen molar-refractivity contribution in [1.82, 2.24) is 0 Å². The number of halogens is 2. The van der Waals surface area contributed by atoms with E-state index in [1.807, 2.05) is 12.1 Å². The van der Waals surface area contributed by atoms with E-state index in [4.69, 9.17) is 4.42 Å². The molecule has 0 spiro atoms. The minimum absolute atomic E-state index is 0.0575. The highest BCUT2D eigenvalue weighted by molar-refractivity contribution is 5.85. The summed E-state index contributed by atoms with van der Waals surface area (Å²) in [6, 6.07) is 7.12. The van der Waals surface area contributed by atoms with Gasteiger partial charge >= 0.3 is 6.29 Å². The number of ether oxygens (including phenoxy) is 2. The number of aldehydes is 1. The lowest BCUT2D eigenvalue weighted by Crippen LogP contribution is -2.14. The molecule has 1 fully saturated rings. The van der Waals surface area contributed by atoms with Gasteiger partial charge in [0.1, 0.15) is 5.58 Å². The van der Waals surface area contributed by atoms with Gasteiger partial charge in [-0.2, -0.15) is 0 Å². The molecular weight excluding hydrogens is 294 g/mol. The van der Waals surface area contributed by atoms with Crippen LogP contribution >= 0.6 is 0 Å². The molecule has 2 aromatic rings. The maximum Gasteiger partial charge on any atom is 0.586 e. The van der Waals surface area contributed by atoms with Crippen LogP contribution < -0.4 is 0 Å². The molecule has 1 aliphatic carbocycles. The molecule has 2 aliphatic rings. The van der Waals surface area contributed by atoms with Gasteiger partial charge < -0.3 is 13.9 Å². The minimum atomic E-state index is -3.60. The van der Waals surface area contributed by atoms with Gasteiger partial charge in [0.25, 0.3) is 0 Å². The number of fused-ring (bicyclic) bond motifs is 2. The third-order valence-corrected chi connectivity index (χ3v) is 3.71. The van der Waals surface area contributed by atoms with Crippen LogP contribution in [-0.2, 0) is 9.47 Å². The highest BCUT2D eigenvalue weighted by Gasteiger charge is 2.46. The topological polar surface area (TPSA) is 48.7 Å². The predicted molar refractivity (Wildman–Crippen MR) is 72.2 cm³/mol. The second kappa shape index (κ2) is 4.43. The highest BCUT2D eigenvalue weighted by Crippen LogP contribution is 2.42. The van der Waals surface area contributed by atoms with E-state index in [9.17, 15) is 13.6 Å². The number of rotatable bonds is 2. The van der Waals surface area contributed by atoms with E-state index in [0.717, 1.165) is 10.9 Å². The molecule has 4 nitrogen and oxygen atoms in total. The Hall–Kier alpha value is -2.63. The van der Waals surface area contributed by atoms with Crippen LogP contribution in [0.4, 0.5) is 8.78 Å². The molecule has 6 heteroatoms. The van der Waals surface area contributed by atoms with Crippen LogP contribution in [0, 0.1) is 0 Å². The highest BCUT2D eigenvalue weighted by atomic mass is 19.3. The first-order valence-corrected chi connectivity index (χ1v) is 6.71. The Balaban J connectivity index is 1.68. The molecule has 1 aromatic heterocycles. The lowest BCUT2D eigenvalue weighted by atomic mass is 9.91. The Morgan fingerprint density at radius 2 is 2.00 bits per heavy atom. The van der Waals surface area contributed by atoms with E-state index in [-0.39, 0.29) is 23.2 Å². The molecule has 0 N–H and O–H groups in total. The zero-order valence-electron chi connectivity index (χ0n) is 11.2. The zero-order valence-corrected chi connectivity index (χ0v) is 11.2. The largest absolute Gasteiger partial charge is 0.586 e. The lowest BCUT2D eigenvalue weighted by molar-refractivity contribution is -0.326. The van der Waals surface area contributed by atoms with Crippen molar-refractivity contribution >= 4 is 17.3 Å². The Morgan fingerprint density at radius 3 is 2.82 bits per heavy atom. The monoisotopic (exact) mass is 304 g/mol. The van der Waals surface area contributed by atoms with Gasteiger partial charge in [0.15, 0.2) is 23.6 Å². The summed E-state index contributed by atoms with van der Waals surface area (Å²) in [4.78, 5) is 10.7. The summed E-state index contributed by atoms with van der Waals surface area (Å²) in [6.45, 7) is 0. The molecule has 0 radical (unpaired) electrons. The lowest BCUT2D eigenvalue weighted by Gasteiger charge is -2.15. The van der Waals surface area contributed by atoms with Crippen molar-refractivity contribution < 1.29 is 27.5 Å². The SMILES string of the molecule is O=Cc1cc2cc(C3C=C4OC(F)(F)OC4=CC3)ccc2o1. The first-order chi connectivity index (χ1) is 10.5. The first kappa shape index (κ1) is 13.1. The summed E-state index contributed by atoms with van der Waals surface area (Å²) in [5.74, 6) is 0.287. The molecule has 1 atom stereocenters. The number of allylic oxidation sites excluding steroid dienone is 2. The summed E-state index contributed by atoms with van der Waals surface area (Å²) >= 11 is 0. The fourth-order valence-electron chi connectivity index (χ4n) is 2.72. The summed E-state index contributed by atoms with van der Waals surface area (Å²) in [5.41, 5.74) is 1.53. The van der Waals surface area contributed by atoms with Crippen molar-refractivity contribution in [1.29, 1.82) is 0 Å². The van der Waals surface area contributed by atoms with E-state index < -0.39 is 6.29 Å². The number of benzene rings is 1. The van der Waals surface area contributed by atoms with Crippen molar-refractivity contribution in [2.45, 2.75) is 18.6 Å². The van der Waals surface area contributed by atoms with Gasteiger partial charge in [0, 0.05) is 11.3 Å². The predicted octanol–water partition coefficient (Wildman–Crippen LogP) is 4.10. The molecule has 0 saturated carbocycles. The van der Waals surface area contributed by atoms with Gasteiger partial charge in [-0.1, -0.05) is 6.07 Å². The van der Waals surface area contributed by atoms with Crippen LogP contribution in [0.15, 0.2) is 52.4 Å². The molecule has 4 rings (SSSR count). The summed E-state index contributed by atoms with van der Waals surface area (Å²) in [6.07, 6.45) is 0.792. The second-order valence-corrected chi connectivity index (χ2v) is 5.17. The van der Waals surface area contributed by atoms with E-state index >= 15 is 0 Å². The molecule has 112 valence electrons. The van der Waals surface area contributed by atoms with Gasteiger partial charge in [0.05, 0.1) is 0 Å². The van der Waals surface area contributed by atoms with Crippen LogP contribution in [0.25, 0.3) is 11.0 Å². The Labute approximate surface area is 123 Å². The number of alkyl halides is 2. The third kappa shape index (κ3) is 2.07. The van der Waals surface area contributed by atoms with Crippen molar-refractivity contribution in [2.75, 3.05) is 0 Å². The molecule has 0 amide bonds. The average molecular weight is 304 g/mol. The van der Waals surface area contributed by atoms with Crippen LogP contribution in [-0.4, -0.2) is 12.6 Å². The smallest absolute Gasteiger partial charge is 0.453 e. The van der Waals surface area contributed by atoms with Crippen LogP contribution in [0.3, 0.4) is 0 Å². The van der Waals surface area contributed by atoms with Crippen LogP contribution in [0.2, 0.25) is 0 Å². The summed E-state index contributed by atoms with van der Waals surface area (Å²) in [5, 5.41) is 0.793. The van der Waals surface area contributed by atoms with Gasteiger partial charge in [-0.15, -0.1) is 8.78 Å². The molecule has 1 saturated heterocycles. The summed E-state index contributed by atoms with van der Waals surface area (Å²) < 4.78 is 40.3. The molecule has 22 heavy (non-hydrogen) atoms. The van der Waals surface area contributed by atoms with Gasteiger partial charge in [-0.3, -0.25) is 4.79 Å². The Kier molecular flexibility index (Phi) is 2.63. The third-order valence-electron chi connectivity index (χ3n) is 3.71. The number of hydrogen-bond donors (Lipinski definition) is 0. The zero-order chi connectivity index (χ0) is 15.3. The van der Waals surface area contributed by atoms with Gasteiger partial charge in [-0.25, -0.2) is 0 Å². The number of carbonyl (C=O) groups is 1. The van der Waals surface area contributed by atoms with Crippen molar-refractivity contribution in [3.05, 3.63) is 59.3 Å². The molecule has 1 aromatic carbocycles. The molecule has 0 bridgehead atoms. The second-order valence-electron chi connectivity index (χ2n) is 5.17. The van der Waals surface area contributed by atoms with Gasteiger partial charge in [0.2, 0.25) is 0 Å². The summed E-state index contributed by atoms with van der Waals surface area (Å²) in [7, 11) is 0. The molecule has 2 heterocycles. The van der Waals surface area contributed by atoms with Crippen LogP contribution in [0.5, 0.6) is 0 Å². The Morgan fingerprint density at radius 1 is 1.18 bits per heavy atom. The number of hydrogen-bond acceptors (Lipinski definition) is 4. The van der Waals surface area contributed by atoms with E-state index in [1.165, 1.54) is 0 Å². The standard InChI is InChI=1S/C16H10F2O4/c17-16(18)21-14-4-2-10(7-15(14)22-16)9-1-3-13-11(5-9)6-12(8-19)20-13/h1,3-8,10H,2H2. The fraction of sp³-hybridized carbons (Fsp3) is 0.188. The normalized spacial score (nSPS) is 22.4. The van der Waals surface area contributed by atoms with Crippen molar-refractivity contribution in [2.24, 2.45) is 0 Å². The minimum Gasteiger partial charge on any atom is -0.453 e. The maximum absolute atomic E-state index is 13.1. The number of carbonyl (C=O) groups excluding carboxylic acids is 1. The average Bonchev–Trinajstić information content (AvgIpc) is 3.03. The van der Waals surface area contributed by atoms with Gasteiger partial charge in [-0.05, 0) is 42.3 Å². The Bertz CT molecular complexity index is 832. The fourth-order valence-corrected chi connectivity index (χ4v) is 2.72. The number of furan rings is 1. The molecular formula is C16H10F2O4. The van der Waals surface area contributed by atoms with Crippen molar-refractivity contribution in [3.63, 3.8) is 0 Å². The quantitative estimate of drug-likeness (QED) is 0.784. The molecule has 1 aliphatic heterocycles. The van der Waals surface area contributed by atoms with Crippen molar-refractivity contribution in [3.8, 4) is 0 Å². The first-order valence-electron chi connectivity index (χ1n) is 6.71. The van der Waals surface area contributed by atoms with E-state index in [0.29, 0.717) is 18.3 Å². The van der Waals surface area contributed by atoms with E-state index in [1.54, 1.807) is 24.3 Å². The van der Waals surface area contributed by atoms with Crippen LogP contribution in [0.1, 0.15) is 28.5 Å². The maximum atomic E-state index is 13.1.